The van der Waals surface area contributed by atoms with E-state index in [0.29, 0.717) is 21.2 Å². The molecule has 5 rings (SSSR count). The number of amides is 1. The van der Waals surface area contributed by atoms with Crippen molar-refractivity contribution in [2.24, 2.45) is 0 Å². The summed E-state index contributed by atoms with van der Waals surface area (Å²) in [6, 6.07) is 17.3. The van der Waals surface area contributed by atoms with Gasteiger partial charge < -0.3 is 14.9 Å². The molecule has 1 atom stereocenters. The van der Waals surface area contributed by atoms with Crippen molar-refractivity contribution in [3.8, 4) is 11.5 Å². The maximum atomic E-state index is 13.5. The zero-order valence-corrected chi connectivity index (χ0v) is 24.0. The highest BCUT2D eigenvalue weighted by molar-refractivity contribution is 8.00. The molecule has 0 bridgehead atoms. The Hall–Kier alpha value is -4.15. The summed E-state index contributed by atoms with van der Waals surface area (Å²) in [6.07, 6.45) is 0. The van der Waals surface area contributed by atoms with Gasteiger partial charge in [-0.1, -0.05) is 76.7 Å². The molecule has 8 nitrogen and oxygen atoms in total. The second-order valence-corrected chi connectivity index (χ2v) is 11.7. The number of benzene rings is 3. The molecule has 1 fully saturated rings. The van der Waals surface area contributed by atoms with Crippen molar-refractivity contribution in [2.45, 2.75) is 36.9 Å². The van der Waals surface area contributed by atoms with E-state index in [1.54, 1.807) is 18.2 Å². The van der Waals surface area contributed by atoms with Gasteiger partial charge in [0.25, 0.3) is 5.78 Å². The van der Waals surface area contributed by atoms with E-state index in [1.807, 2.05) is 57.2 Å². The van der Waals surface area contributed by atoms with Crippen molar-refractivity contribution in [1.29, 1.82) is 0 Å². The second-order valence-electron chi connectivity index (χ2n) is 9.54. The molecule has 1 aliphatic rings. The lowest BCUT2D eigenvalue weighted by Gasteiger charge is -2.23. The van der Waals surface area contributed by atoms with Gasteiger partial charge in [0.15, 0.2) is 15.8 Å². The summed E-state index contributed by atoms with van der Waals surface area (Å²) in [5.41, 5.74) is 4.79. The van der Waals surface area contributed by atoms with Gasteiger partial charge in [0.05, 0.1) is 18.7 Å². The lowest BCUT2D eigenvalue weighted by molar-refractivity contribution is -0.132. The second kappa shape index (κ2) is 11.1. The van der Waals surface area contributed by atoms with Gasteiger partial charge in [-0.05, 0) is 55.7 Å². The number of phenols is 1. The van der Waals surface area contributed by atoms with Crippen LogP contribution in [0.25, 0.3) is 5.76 Å². The fraction of sp³-hybridized carbons (Fsp3) is 0.200. The number of ketones is 1. The number of methoxy groups -OCH3 is 1. The highest BCUT2D eigenvalue weighted by atomic mass is 32.2. The molecule has 3 aromatic carbocycles. The minimum atomic E-state index is -1.02. The number of aromatic nitrogens is 2. The highest BCUT2D eigenvalue weighted by Gasteiger charge is 2.48. The smallest absolute Gasteiger partial charge is 0.301 e. The summed E-state index contributed by atoms with van der Waals surface area (Å²) in [5, 5.41) is 30.4. The molecule has 1 aliphatic heterocycles. The van der Waals surface area contributed by atoms with Crippen molar-refractivity contribution >= 4 is 45.7 Å². The predicted molar refractivity (Wildman–Crippen MR) is 156 cm³/mol. The number of hydrogen-bond acceptors (Lipinski definition) is 9. The molecular weight excluding hydrogens is 546 g/mol. The molecule has 1 saturated heterocycles. The van der Waals surface area contributed by atoms with E-state index in [0.717, 1.165) is 16.7 Å². The number of aliphatic hydroxyl groups is 1. The third kappa shape index (κ3) is 5.20. The molecule has 4 aromatic rings. The lowest BCUT2D eigenvalue weighted by atomic mass is 9.93. The Labute approximate surface area is 240 Å². The quantitative estimate of drug-likeness (QED) is 0.0897. The first kappa shape index (κ1) is 27.4. The molecule has 10 heteroatoms. The number of thioether (sulfide) groups is 1. The molecule has 2 heterocycles. The van der Waals surface area contributed by atoms with Crippen molar-refractivity contribution in [1.82, 2.24) is 10.2 Å². The predicted octanol–water partition coefficient (Wildman–Crippen LogP) is 6.10. The maximum Gasteiger partial charge on any atom is 0.301 e. The number of rotatable bonds is 7. The number of ether oxygens (including phenoxy) is 1. The van der Waals surface area contributed by atoms with Crippen LogP contribution in [0.5, 0.6) is 11.5 Å². The molecule has 0 spiro atoms. The number of nitrogens with zero attached hydrogens (tertiary/aromatic N) is 3. The van der Waals surface area contributed by atoms with Crippen LogP contribution in [0.4, 0.5) is 5.13 Å². The monoisotopic (exact) mass is 573 g/mol. The van der Waals surface area contributed by atoms with Gasteiger partial charge in [0.2, 0.25) is 5.13 Å². The van der Waals surface area contributed by atoms with Crippen LogP contribution < -0.4 is 9.64 Å². The van der Waals surface area contributed by atoms with Gasteiger partial charge in [0, 0.05) is 11.3 Å². The Morgan fingerprint density at radius 2 is 1.73 bits per heavy atom. The zero-order valence-electron chi connectivity index (χ0n) is 22.3. The number of carbonyl (C=O) groups is 2. The number of aliphatic hydroxyl groups excluding tert-OH is 1. The summed E-state index contributed by atoms with van der Waals surface area (Å²) >= 11 is 2.67. The van der Waals surface area contributed by atoms with E-state index < -0.39 is 17.7 Å². The van der Waals surface area contributed by atoms with Gasteiger partial charge >= 0.3 is 5.91 Å². The van der Waals surface area contributed by atoms with E-state index in [2.05, 4.69) is 10.2 Å². The van der Waals surface area contributed by atoms with Gasteiger partial charge in [-0.3, -0.25) is 14.5 Å². The number of carbonyl (C=O) groups excluding carboxylic acids is 2. The molecule has 1 amide bonds. The molecule has 0 saturated carbocycles. The van der Waals surface area contributed by atoms with Crippen LogP contribution in [0.3, 0.4) is 0 Å². The number of anilines is 1. The van der Waals surface area contributed by atoms with E-state index in [9.17, 15) is 19.8 Å². The number of aromatic hydroxyl groups is 1. The molecule has 1 aromatic heterocycles. The molecule has 0 aliphatic carbocycles. The molecule has 1 unspecified atom stereocenters. The van der Waals surface area contributed by atoms with Crippen molar-refractivity contribution in [2.75, 3.05) is 12.0 Å². The molecule has 2 N–H and O–H groups in total. The topological polar surface area (TPSA) is 113 Å². The van der Waals surface area contributed by atoms with E-state index >= 15 is 0 Å². The molecule has 0 radical (unpaired) electrons. The minimum absolute atomic E-state index is 0.0736. The van der Waals surface area contributed by atoms with Crippen LogP contribution >= 0.6 is 23.1 Å². The fourth-order valence-electron chi connectivity index (χ4n) is 4.53. The molecular formula is C30H27N3O5S2. The van der Waals surface area contributed by atoms with Gasteiger partial charge in [-0.25, -0.2) is 0 Å². The van der Waals surface area contributed by atoms with Crippen LogP contribution in [0.15, 0.2) is 70.6 Å². The summed E-state index contributed by atoms with van der Waals surface area (Å²) in [6.45, 7) is 5.74. The first-order valence-corrected chi connectivity index (χ1v) is 14.3. The lowest BCUT2D eigenvalue weighted by Crippen LogP contribution is -2.29. The number of Topliss-reactive ketones (excluding diaryl/α,β-unsaturated/α-hetero) is 1. The van der Waals surface area contributed by atoms with Gasteiger partial charge in [-0.15, -0.1) is 10.2 Å². The Morgan fingerprint density at radius 3 is 2.45 bits per heavy atom. The average molecular weight is 574 g/mol. The number of phenolic OH excluding ortho intramolecular Hbond substituents is 1. The van der Waals surface area contributed by atoms with Gasteiger partial charge in [-0.2, -0.15) is 0 Å². The van der Waals surface area contributed by atoms with E-state index in [1.165, 1.54) is 46.7 Å². The van der Waals surface area contributed by atoms with Crippen LogP contribution in [0.1, 0.15) is 39.4 Å². The Balaban J connectivity index is 1.59. The highest BCUT2D eigenvalue weighted by Crippen LogP contribution is 2.45. The first-order valence-electron chi connectivity index (χ1n) is 12.4. The first-order chi connectivity index (χ1) is 19.2. The van der Waals surface area contributed by atoms with Crippen LogP contribution in [0.2, 0.25) is 0 Å². The summed E-state index contributed by atoms with van der Waals surface area (Å²) in [7, 11) is 1.41. The van der Waals surface area contributed by atoms with E-state index in [4.69, 9.17) is 4.74 Å². The van der Waals surface area contributed by atoms with Crippen LogP contribution in [-0.2, 0) is 15.3 Å². The standard InChI is InChI=1S/C30H27N3O5S2/c1-16-6-9-19(10-7-16)15-39-30-32-31-29(40-30)33-25(20-11-12-22(34)23(14-20)38-4)24(27(36)28(33)37)26(35)21-13-17(2)5-8-18(21)3/h5-14,25,34-35H,15H2,1-4H3/b26-24+. The Morgan fingerprint density at radius 1 is 1.00 bits per heavy atom. The van der Waals surface area contributed by atoms with Crippen LogP contribution in [0, 0.1) is 20.8 Å². The summed E-state index contributed by atoms with van der Waals surface area (Å²) < 4.78 is 5.93. The van der Waals surface area contributed by atoms with Crippen molar-refractivity contribution in [3.63, 3.8) is 0 Å². The minimum Gasteiger partial charge on any atom is -0.507 e. The summed E-state index contributed by atoms with van der Waals surface area (Å²) in [5.74, 6) is -1.20. The SMILES string of the molecule is COc1cc(C2/C(=C(\O)c3cc(C)ccc3C)C(=O)C(=O)N2c2nnc(SCc3ccc(C)cc3)s2)ccc1O. The normalized spacial score (nSPS) is 16.5. The molecule has 204 valence electrons. The molecule has 40 heavy (non-hydrogen) atoms. The summed E-state index contributed by atoms with van der Waals surface area (Å²) in [4.78, 5) is 28.3. The van der Waals surface area contributed by atoms with E-state index in [-0.39, 0.29) is 28.0 Å². The van der Waals surface area contributed by atoms with Crippen LogP contribution in [-0.4, -0.2) is 39.2 Å². The third-order valence-electron chi connectivity index (χ3n) is 6.70. The maximum absolute atomic E-state index is 13.5. The fourth-order valence-corrected chi connectivity index (χ4v) is 6.36. The van der Waals surface area contributed by atoms with Crippen molar-refractivity contribution in [3.05, 3.63) is 99.6 Å². The average Bonchev–Trinajstić information content (AvgIpc) is 3.51. The Kier molecular flexibility index (Phi) is 7.64. The zero-order chi connectivity index (χ0) is 28.6. The largest absolute Gasteiger partial charge is 0.507 e. The number of aryl methyl sites for hydroxylation is 3. The third-order valence-corrected chi connectivity index (χ3v) is 8.82. The number of hydrogen-bond donors (Lipinski definition) is 2. The van der Waals surface area contributed by atoms with Gasteiger partial charge in [0.1, 0.15) is 5.76 Å². The van der Waals surface area contributed by atoms with Crippen molar-refractivity contribution < 1.29 is 24.5 Å². The Bertz CT molecular complexity index is 1650.